The highest BCUT2D eigenvalue weighted by Crippen LogP contribution is 2.13. The lowest BCUT2D eigenvalue weighted by Crippen LogP contribution is -2.23. The zero-order chi connectivity index (χ0) is 14.4. The predicted molar refractivity (Wildman–Crippen MR) is 102 cm³/mol. The van der Waals surface area contributed by atoms with E-state index in [1.165, 1.54) is 16.7 Å². The van der Waals surface area contributed by atoms with Crippen LogP contribution in [-0.4, -0.2) is 12.5 Å². The Labute approximate surface area is 143 Å². The molecule has 0 aliphatic carbocycles. The first-order valence-electron chi connectivity index (χ1n) is 6.82. The highest BCUT2D eigenvalue weighted by Gasteiger charge is 1.98. The summed E-state index contributed by atoms with van der Waals surface area (Å²) in [5.41, 5.74) is 10.6. The Morgan fingerprint density at radius 1 is 1.05 bits per heavy atom. The number of anilines is 1. The molecule has 0 heterocycles. The Bertz CT molecular complexity index is 574. The van der Waals surface area contributed by atoms with E-state index in [1.54, 1.807) is 0 Å². The number of aliphatic imine (C=N–C) groups is 1. The van der Waals surface area contributed by atoms with Crippen molar-refractivity contribution >= 4 is 35.6 Å². The largest absolute Gasteiger partial charge is 0.370 e. The van der Waals surface area contributed by atoms with E-state index in [1.807, 2.05) is 18.2 Å². The van der Waals surface area contributed by atoms with Gasteiger partial charge >= 0.3 is 0 Å². The Hall–Kier alpha value is -1.56. The first kappa shape index (κ1) is 17.5. The molecule has 0 atom stereocenters. The number of hydrogen-bond acceptors (Lipinski definition) is 1. The number of nitrogens with one attached hydrogen (secondary N) is 1. The second-order valence-electron chi connectivity index (χ2n) is 5.00. The van der Waals surface area contributed by atoms with Gasteiger partial charge in [0.25, 0.3) is 0 Å². The number of nitrogens with two attached hydrogens (primary N) is 1. The van der Waals surface area contributed by atoms with Crippen LogP contribution < -0.4 is 11.1 Å². The number of benzene rings is 2. The van der Waals surface area contributed by atoms with Crippen molar-refractivity contribution in [1.29, 1.82) is 0 Å². The van der Waals surface area contributed by atoms with Gasteiger partial charge in [0.15, 0.2) is 5.96 Å². The maximum absolute atomic E-state index is 5.91. The van der Waals surface area contributed by atoms with Crippen molar-refractivity contribution in [2.75, 3.05) is 11.9 Å². The van der Waals surface area contributed by atoms with Crippen molar-refractivity contribution in [3.63, 3.8) is 0 Å². The zero-order valence-corrected chi connectivity index (χ0v) is 14.8. The van der Waals surface area contributed by atoms with Gasteiger partial charge in [-0.2, -0.15) is 0 Å². The fraction of sp³-hybridized carbons (Fsp3) is 0.235. The molecule has 0 saturated heterocycles. The Kier molecular flexibility index (Phi) is 7.22. The second kappa shape index (κ2) is 8.67. The third-order valence-corrected chi connectivity index (χ3v) is 3.02. The van der Waals surface area contributed by atoms with Crippen LogP contribution in [0.4, 0.5) is 5.69 Å². The number of nitrogens with zero attached hydrogens (tertiary/aromatic N) is 1. The summed E-state index contributed by atoms with van der Waals surface area (Å²) in [6.45, 7) is 4.83. The van der Waals surface area contributed by atoms with Crippen LogP contribution in [0.3, 0.4) is 0 Å². The fourth-order valence-electron chi connectivity index (χ4n) is 2.18. The standard InChI is InChI=1S/C17H21N3.HI/c1-13-10-14(2)12-16(11-13)20-17(18)19-9-8-15-6-4-3-5-7-15;/h3-7,10-12H,8-9H2,1-2H3,(H3,18,19,20);1H. The van der Waals surface area contributed by atoms with Crippen molar-refractivity contribution in [1.82, 2.24) is 0 Å². The highest BCUT2D eigenvalue weighted by molar-refractivity contribution is 14.0. The molecule has 0 fully saturated rings. The van der Waals surface area contributed by atoms with Gasteiger partial charge in [0.1, 0.15) is 0 Å². The smallest absolute Gasteiger partial charge is 0.193 e. The maximum atomic E-state index is 5.91. The zero-order valence-electron chi connectivity index (χ0n) is 12.5. The summed E-state index contributed by atoms with van der Waals surface area (Å²) in [4.78, 5) is 4.36. The molecule has 0 amide bonds. The van der Waals surface area contributed by atoms with Crippen LogP contribution in [0.25, 0.3) is 0 Å². The van der Waals surface area contributed by atoms with Gasteiger partial charge in [0.2, 0.25) is 0 Å². The molecule has 0 unspecified atom stereocenters. The number of guanidine groups is 1. The second-order valence-corrected chi connectivity index (χ2v) is 5.00. The Morgan fingerprint density at radius 3 is 2.29 bits per heavy atom. The third kappa shape index (κ3) is 6.16. The molecule has 0 aliphatic heterocycles. The average molecular weight is 395 g/mol. The summed E-state index contributed by atoms with van der Waals surface area (Å²) in [5.74, 6) is 0.464. The van der Waals surface area contributed by atoms with E-state index in [0.717, 1.165) is 12.1 Å². The van der Waals surface area contributed by atoms with Crippen LogP contribution in [0, 0.1) is 13.8 Å². The highest BCUT2D eigenvalue weighted by atomic mass is 127. The topological polar surface area (TPSA) is 50.4 Å². The number of hydrogen-bond donors (Lipinski definition) is 2. The molecule has 3 nitrogen and oxygen atoms in total. The van der Waals surface area contributed by atoms with E-state index < -0.39 is 0 Å². The van der Waals surface area contributed by atoms with Crippen molar-refractivity contribution in [3.8, 4) is 0 Å². The van der Waals surface area contributed by atoms with E-state index in [2.05, 4.69) is 54.5 Å². The maximum Gasteiger partial charge on any atom is 0.193 e. The third-order valence-electron chi connectivity index (χ3n) is 3.02. The number of aryl methyl sites for hydroxylation is 2. The molecular formula is C17H22IN3. The molecule has 112 valence electrons. The lowest BCUT2D eigenvalue weighted by atomic mass is 10.1. The van der Waals surface area contributed by atoms with Gasteiger partial charge in [-0.15, -0.1) is 24.0 Å². The molecule has 2 rings (SSSR count). The predicted octanol–water partition coefficient (Wildman–Crippen LogP) is 3.89. The molecule has 2 aromatic rings. The molecular weight excluding hydrogens is 373 g/mol. The van der Waals surface area contributed by atoms with E-state index in [9.17, 15) is 0 Å². The van der Waals surface area contributed by atoms with Crippen molar-refractivity contribution in [2.24, 2.45) is 10.7 Å². The van der Waals surface area contributed by atoms with Crippen LogP contribution in [-0.2, 0) is 6.42 Å². The molecule has 0 aliphatic rings. The van der Waals surface area contributed by atoms with Crippen LogP contribution >= 0.6 is 24.0 Å². The first-order chi connectivity index (χ1) is 9.63. The normalized spacial score (nSPS) is 10.9. The van der Waals surface area contributed by atoms with Gasteiger partial charge in [-0.05, 0) is 49.1 Å². The lowest BCUT2D eigenvalue weighted by Gasteiger charge is -2.08. The summed E-state index contributed by atoms with van der Waals surface area (Å²) >= 11 is 0. The monoisotopic (exact) mass is 395 g/mol. The fourth-order valence-corrected chi connectivity index (χ4v) is 2.18. The van der Waals surface area contributed by atoms with Crippen LogP contribution in [0.1, 0.15) is 16.7 Å². The van der Waals surface area contributed by atoms with Gasteiger partial charge in [0.05, 0.1) is 0 Å². The number of halogens is 1. The van der Waals surface area contributed by atoms with E-state index in [0.29, 0.717) is 12.5 Å². The van der Waals surface area contributed by atoms with Gasteiger partial charge < -0.3 is 11.1 Å². The lowest BCUT2D eigenvalue weighted by molar-refractivity contribution is 0.965. The van der Waals surface area contributed by atoms with Gasteiger partial charge in [-0.3, -0.25) is 4.99 Å². The molecule has 0 spiro atoms. The minimum absolute atomic E-state index is 0. The molecule has 0 aromatic heterocycles. The quantitative estimate of drug-likeness (QED) is 0.469. The van der Waals surface area contributed by atoms with Gasteiger partial charge in [-0.25, -0.2) is 0 Å². The number of rotatable bonds is 4. The summed E-state index contributed by atoms with van der Waals surface area (Å²) in [7, 11) is 0. The van der Waals surface area contributed by atoms with Crippen LogP contribution in [0.2, 0.25) is 0 Å². The van der Waals surface area contributed by atoms with E-state index >= 15 is 0 Å². The molecule has 0 radical (unpaired) electrons. The average Bonchev–Trinajstić information content (AvgIpc) is 2.38. The van der Waals surface area contributed by atoms with E-state index in [4.69, 9.17) is 5.73 Å². The van der Waals surface area contributed by atoms with E-state index in [-0.39, 0.29) is 24.0 Å². The summed E-state index contributed by atoms with van der Waals surface area (Å²) in [6, 6.07) is 16.5. The summed E-state index contributed by atoms with van der Waals surface area (Å²) < 4.78 is 0. The van der Waals surface area contributed by atoms with Gasteiger partial charge in [-0.1, -0.05) is 36.4 Å². The minimum Gasteiger partial charge on any atom is -0.370 e. The summed E-state index contributed by atoms with van der Waals surface area (Å²) in [6.07, 6.45) is 0.899. The van der Waals surface area contributed by atoms with Crippen molar-refractivity contribution < 1.29 is 0 Å². The molecule has 0 saturated carbocycles. The van der Waals surface area contributed by atoms with Crippen molar-refractivity contribution in [2.45, 2.75) is 20.3 Å². The molecule has 2 aromatic carbocycles. The van der Waals surface area contributed by atoms with Crippen LogP contribution in [0.5, 0.6) is 0 Å². The van der Waals surface area contributed by atoms with Crippen molar-refractivity contribution in [3.05, 3.63) is 65.2 Å². The summed E-state index contributed by atoms with van der Waals surface area (Å²) in [5, 5.41) is 3.14. The Morgan fingerprint density at radius 2 is 1.67 bits per heavy atom. The molecule has 0 bridgehead atoms. The van der Waals surface area contributed by atoms with Crippen LogP contribution in [0.15, 0.2) is 53.5 Å². The molecule has 4 heteroatoms. The SMILES string of the molecule is Cc1cc(C)cc(NC(N)=NCCc2ccccc2)c1.I. The minimum atomic E-state index is 0. The first-order valence-corrected chi connectivity index (χ1v) is 6.82. The van der Waals surface area contributed by atoms with Gasteiger partial charge in [0, 0.05) is 12.2 Å². The molecule has 21 heavy (non-hydrogen) atoms. The Balaban J connectivity index is 0.00000220. The molecule has 3 N–H and O–H groups in total.